The first kappa shape index (κ1) is 13.9. The molecule has 0 amide bonds. The first-order valence-corrected chi connectivity index (χ1v) is 8.09. The highest BCUT2D eigenvalue weighted by atomic mass is 32.2. The van der Waals surface area contributed by atoms with Crippen LogP contribution in [0.5, 0.6) is 5.75 Å². The summed E-state index contributed by atoms with van der Waals surface area (Å²) in [6.45, 7) is 2.38. The van der Waals surface area contributed by atoms with Gasteiger partial charge in [0.2, 0.25) is 0 Å². The van der Waals surface area contributed by atoms with Crippen LogP contribution in [0.2, 0.25) is 0 Å². The Balaban J connectivity index is 2.00. The Hall–Kier alpha value is -2.08. The van der Waals surface area contributed by atoms with Gasteiger partial charge in [-0.2, -0.15) is 0 Å². The molecular weight excluding hydrogens is 288 g/mol. The van der Waals surface area contributed by atoms with Crippen molar-refractivity contribution >= 4 is 15.8 Å². The molecule has 1 aromatic heterocycles. The number of aryl methyl sites for hydroxylation is 1. The van der Waals surface area contributed by atoms with Gasteiger partial charge in [-0.25, -0.2) is 17.7 Å². The maximum absolute atomic E-state index is 12.7. The van der Waals surface area contributed by atoms with Crippen LogP contribution in [0.1, 0.15) is 11.1 Å². The number of sulfonamides is 1. The first-order valence-electron chi connectivity index (χ1n) is 6.64. The molecule has 0 radical (unpaired) electrons. The molecule has 0 saturated carbocycles. The van der Waals surface area contributed by atoms with Crippen LogP contribution < -0.4 is 9.04 Å². The molecule has 21 heavy (non-hydrogen) atoms. The quantitative estimate of drug-likeness (QED) is 0.872. The minimum Gasteiger partial charge on any atom is -0.497 e. The number of aromatic nitrogens is 1. The second-order valence-electron chi connectivity index (χ2n) is 5.00. The highest BCUT2D eigenvalue weighted by Crippen LogP contribution is 2.31. The molecule has 2 aromatic rings. The largest absolute Gasteiger partial charge is 0.497 e. The van der Waals surface area contributed by atoms with Gasteiger partial charge < -0.3 is 4.74 Å². The van der Waals surface area contributed by atoms with E-state index in [0.29, 0.717) is 24.5 Å². The molecule has 1 aromatic carbocycles. The number of hydrogen-bond acceptors (Lipinski definition) is 4. The Morgan fingerprint density at radius 3 is 2.62 bits per heavy atom. The van der Waals surface area contributed by atoms with Gasteiger partial charge in [-0.1, -0.05) is 6.07 Å². The van der Waals surface area contributed by atoms with Crippen molar-refractivity contribution in [3.63, 3.8) is 0 Å². The van der Waals surface area contributed by atoms with Crippen molar-refractivity contribution in [2.24, 2.45) is 0 Å². The van der Waals surface area contributed by atoms with Crippen LogP contribution in [0.25, 0.3) is 0 Å². The summed E-state index contributed by atoms with van der Waals surface area (Å²) in [4.78, 5) is 4.54. The van der Waals surface area contributed by atoms with E-state index in [-0.39, 0.29) is 4.90 Å². The summed E-state index contributed by atoms with van der Waals surface area (Å²) in [5.74, 6) is 1.17. The lowest BCUT2D eigenvalue weighted by Crippen LogP contribution is -2.29. The number of fused-ring (bicyclic) bond motifs is 1. The normalized spacial score (nSPS) is 14.1. The Labute approximate surface area is 124 Å². The standard InChI is InChI=1S/C15H16N2O3S/c1-11-9-12-7-8-17(15(12)16-10-11)21(18,19)14-5-3-13(20-2)4-6-14/h3-6,9-10H,7-8H2,1-2H3. The summed E-state index contributed by atoms with van der Waals surface area (Å²) in [5.41, 5.74) is 2.02. The van der Waals surface area contributed by atoms with Gasteiger partial charge in [-0.05, 0) is 48.7 Å². The van der Waals surface area contributed by atoms with Crippen LogP contribution >= 0.6 is 0 Å². The number of pyridine rings is 1. The SMILES string of the molecule is COc1ccc(S(=O)(=O)N2CCc3cc(C)cnc32)cc1. The van der Waals surface area contributed by atoms with Crippen LogP contribution in [0.4, 0.5) is 5.82 Å². The molecule has 0 saturated heterocycles. The molecule has 1 aliphatic rings. The van der Waals surface area contributed by atoms with E-state index in [2.05, 4.69) is 4.98 Å². The van der Waals surface area contributed by atoms with Gasteiger partial charge in [0.05, 0.1) is 12.0 Å². The van der Waals surface area contributed by atoms with E-state index in [9.17, 15) is 8.42 Å². The van der Waals surface area contributed by atoms with Crippen molar-refractivity contribution in [2.45, 2.75) is 18.2 Å². The monoisotopic (exact) mass is 304 g/mol. The molecule has 0 fully saturated rings. The van der Waals surface area contributed by atoms with Gasteiger partial charge in [0.15, 0.2) is 0 Å². The number of methoxy groups -OCH3 is 1. The van der Waals surface area contributed by atoms with Crippen molar-refractivity contribution in [3.8, 4) is 5.75 Å². The van der Waals surface area contributed by atoms with E-state index in [1.807, 2.05) is 13.0 Å². The molecule has 3 rings (SSSR count). The van der Waals surface area contributed by atoms with Gasteiger partial charge in [-0.15, -0.1) is 0 Å². The molecule has 0 N–H and O–H groups in total. The van der Waals surface area contributed by atoms with Gasteiger partial charge in [0.1, 0.15) is 11.6 Å². The van der Waals surface area contributed by atoms with Gasteiger partial charge >= 0.3 is 0 Å². The van der Waals surface area contributed by atoms with Crippen molar-refractivity contribution in [1.29, 1.82) is 0 Å². The Kier molecular flexibility index (Phi) is 3.33. The second kappa shape index (κ2) is 5.04. The predicted octanol–water partition coefficient (Wildman–Crippen LogP) is 2.15. The molecule has 2 heterocycles. The van der Waals surface area contributed by atoms with E-state index in [0.717, 1.165) is 11.1 Å². The summed E-state index contributed by atoms with van der Waals surface area (Å²) < 4.78 is 31.9. The van der Waals surface area contributed by atoms with E-state index in [1.165, 1.54) is 4.31 Å². The Morgan fingerprint density at radius 1 is 1.24 bits per heavy atom. The molecule has 110 valence electrons. The highest BCUT2D eigenvalue weighted by molar-refractivity contribution is 7.92. The van der Waals surface area contributed by atoms with E-state index in [4.69, 9.17) is 4.74 Å². The fourth-order valence-electron chi connectivity index (χ4n) is 2.47. The minimum atomic E-state index is -3.57. The molecular formula is C15H16N2O3S. The number of nitrogens with zero attached hydrogens (tertiary/aromatic N) is 2. The second-order valence-corrected chi connectivity index (χ2v) is 6.86. The lowest BCUT2D eigenvalue weighted by Gasteiger charge is -2.18. The number of rotatable bonds is 3. The molecule has 1 aliphatic heterocycles. The molecule has 0 atom stereocenters. The van der Waals surface area contributed by atoms with Crippen molar-refractivity contribution in [1.82, 2.24) is 4.98 Å². The average Bonchev–Trinajstić information content (AvgIpc) is 2.91. The van der Waals surface area contributed by atoms with E-state index < -0.39 is 10.0 Å². The number of ether oxygens (including phenoxy) is 1. The molecule has 0 aliphatic carbocycles. The molecule has 0 unspecified atom stereocenters. The maximum atomic E-state index is 12.7. The zero-order valence-corrected chi connectivity index (χ0v) is 12.7. The van der Waals surface area contributed by atoms with Crippen LogP contribution in [-0.2, 0) is 16.4 Å². The van der Waals surface area contributed by atoms with Gasteiger partial charge in [0.25, 0.3) is 10.0 Å². The van der Waals surface area contributed by atoms with Crippen molar-refractivity contribution < 1.29 is 13.2 Å². The van der Waals surface area contributed by atoms with Crippen LogP contribution in [0.15, 0.2) is 41.4 Å². The number of anilines is 1. The fourth-order valence-corrected chi connectivity index (χ4v) is 3.93. The van der Waals surface area contributed by atoms with Gasteiger partial charge in [-0.3, -0.25) is 0 Å². The first-order chi connectivity index (χ1) is 10.0. The van der Waals surface area contributed by atoms with Crippen LogP contribution in [0, 0.1) is 6.92 Å². The predicted molar refractivity (Wildman–Crippen MR) is 80.2 cm³/mol. The molecule has 0 bridgehead atoms. The summed E-state index contributed by atoms with van der Waals surface area (Å²) in [6.07, 6.45) is 2.39. The third-order valence-corrected chi connectivity index (χ3v) is 5.35. The zero-order valence-electron chi connectivity index (χ0n) is 11.9. The maximum Gasteiger partial charge on any atom is 0.265 e. The van der Waals surface area contributed by atoms with Gasteiger partial charge in [0, 0.05) is 12.7 Å². The minimum absolute atomic E-state index is 0.249. The van der Waals surface area contributed by atoms with Crippen molar-refractivity contribution in [2.75, 3.05) is 18.0 Å². The third-order valence-electron chi connectivity index (χ3n) is 3.55. The lowest BCUT2D eigenvalue weighted by atomic mass is 10.2. The summed E-state index contributed by atoms with van der Waals surface area (Å²) >= 11 is 0. The van der Waals surface area contributed by atoms with Crippen LogP contribution in [0.3, 0.4) is 0 Å². The Bertz CT molecular complexity index is 770. The molecule has 0 spiro atoms. The van der Waals surface area contributed by atoms with Crippen molar-refractivity contribution in [3.05, 3.63) is 47.7 Å². The number of benzene rings is 1. The van der Waals surface area contributed by atoms with Crippen LogP contribution in [-0.4, -0.2) is 27.1 Å². The summed E-state index contributed by atoms with van der Waals surface area (Å²) in [7, 11) is -2.03. The highest BCUT2D eigenvalue weighted by Gasteiger charge is 2.32. The average molecular weight is 304 g/mol. The van der Waals surface area contributed by atoms with E-state index >= 15 is 0 Å². The summed E-state index contributed by atoms with van der Waals surface area (Å²) in [6, 6.07) is 8.39. The summed E-state index contributed by atoms with van der Waals surface area (Å²) in [5, 5.41) is 0. The lowest BCUT2D eigenvalue weighted by molar-refractivity contribution is 0.414. The third kappa shape index (κ3) is 2.35. The fraction of sp³-hybridized carbons (Fsp3) is 0.267. The molecule has 6 heteroatoms. The smallest absolute Gasteiger partial charge is 0.265 e. The van der Waals surface area contributed by atoms with E-state index in [1.54, 1.807) is 37.6 Å². The Morgan fingerprint density at radius 2 is 1.95 bits per heavy atom. The topological polar surface area (TPSA) is 59.5 Å². The zero-order chi connectivity index (χ0) is 15.0. The number of hydrogen-bond donors (Lipinski definition) is 0. The molecule has 5 nitrogen and oxygen atoms in total.